The number of imidazole rings is 1. The van der Waals surface area contributed by atoms with Crippen molar-refractivity contribution in [2.45, 2.75) is 37.6 Å². The molecule has 156 valence electrons. The number of rotatable bonds is 4. The molecular weight excluding hydrogens is 384 g/mol. The molecular formula is C25H26N6. The Labute approximate surface area is 181 Å². The van der Waals surface area contributed by atoms with Crippen molar-refractivity contribution < 1.29 is 0 Å². The van der Waals surface area contributed by atoms with Crippen molar-refractivity contribution in [3.8, 4) is 17.1 Å². The van der Waals surface area contributed by atoms with E-state index in [1.165, 1.54) is 24.8 Å². The van der Waals surface area contributed by atoms with Crippen LogP contribution in [0.2, 0.25) is 0 Å². The van der Waals surface area contributed by atoms with E-state index in [4.69, 9.17) is 15.7 Å². The third-order valence-corrected chi connectivity index (χ3v) is 6.75. The molecule has 2 aliphatic rings. The predicted molar refractivity (Wildman–Crippen MR) is 123 cm³/mol. The van der Waals surface area contributed by atoms with Gasteiger partial charge in [0.2, 0.25) is 5.95 Å². The van der Waals surface area contributed by atoms with Gasteiger partial charge in [-0.15, -0.1) is 0 Å². The topological polar surface area (TPSA) is 72.9 Å². The van der Waals surface area contributed by atoms with Crippen molar-refractivity contribution in [2.75, 3.05) is 18.0 Å². The number of anilines is 1. The van der Waals surface area contributed by atoms with Gasteiger partial charge in [-0.05, 0) is 49.8 Å². The molecule has 0 spiro atoms. The fourth-order valence-corrected chi connectivity index (χ4v) is 4.75. The molecule has 1 saturated heterocycles. The average molecular weight is 411 g/mol. The summed E-state index contributed by atoms with van der Waals surface area (Å²) in [6.45, 7) is 2.02. The summed E-state index contributed by atoms with van der Waals surface area (Å²) in [7, 11) is 0. The molecule has 1 aliphatic carbocycles. The number of nitrogens with two attached hydrogens (primary N) is 1. The van der Waals surface area contributed by atoms with Crippen LogP contribution in [-0.2, 0) is 5.54 Å². The largest absolute Gasteiger partial charge is 0.341 e. The summed E-state index contributed by atoms with van der Waals surface area (Å²) in [6, 6.07) is 18.9. The lowest BCUT2D eigenvalue weighted by molar-refractivity contribution is 0.253. The van der Waals surface area contributed by atoms with Gasteiger partial charge in [-0.25, -0.2) is 9.97 Å². The second-order valence-corrected chi connectivity index (χ2v) is 8.77. The van der Waals surface area contributed by atoms with E-state index >= 15 is 0 Å². The van der Waals surface area contributed by atoms with Gasteiger partial charge >= 0.3 is 0 Å². The van der Waals surface area contributed by atoms with Gasteiger partial charge in [0.15, 0.2) is 5.65 Å². The molecule has 1 aliphatic heterocycles. The van der Waals surface area contributed by atoms with Crippen molar-refractivity contribution in [3.05, 3.63) is 66.4 Å². The lowest BCUT2D eigenvalue weighted by Crippen LogP contribution is -2.43. The molecule has 0 amide bonds. The first-order valence-corrected chi connectivity index (χ1v) is 11.2. The highest BCUT2D eigenvalue weighted by atomic mass is 15.3. The fourth-order valence-electron chi connectivity index (χ4n) is 4.75. The number of fused-ring (bicyclic) bond motifs is 1. The predicted octanol–water partition coefficient (Wildman–Crippen LogP) is 4.42. The summed E-state index contributed by atoms with van der Waals surface area (Å²) in [5.41, 5.74) is 11.3. The molecule has 0 atom stereocenters. The molecule has 31 heavy (non-hydrogen) atoms. The number of aromatic nitrogens is 4. The fraction of sp³-hybridized carbons (Fsp3) is 0.320. The maximum absolute atomic E-state index is 6.55. The van der Waals surface area contributed by atoms with E-state index in [-0.39, 0.29) is 5.54 Å². The van der Waals surface area contributed by atoms with Gasteiger partial charge in [0, 0.05) is 29.9 Å². The van der Waals surface area contributed by atoms with Gasteiger partial charge in [0.1, 0.15) is 11.3 Å². The van der Waals surface area contributed by atoms with Crippen LogP contribution in [-0.4, -0.2) is 32.6 Å². The Morgan fingerprint density at radius 1 is 0.839 bits per heavy atom. The molecule has 2 fully saturated rings. The molecule has 6 nitrogen and oxygen atoms in total. The Balaban J connectivity index is 1.52. The third kappa shape index (κ3) is 3.10. The summed E-state index contributed by atoms with van der Waals surface area (Å²) in [4.78, 5) is 16.8. The molecule has 6 heteroatoms. The maximum Gasteiger partial charge on any atom is 0.227 e. The van der Waals surface area contributed by atoms with Crippen LogP contribution in [0, 0.1) is 0 Å². The minimum Gasteiger partial charge on any atom is -0.341 e. The Hall–Kier alpha value is -3.25. The SMILES string of the molecule is NC1(c2ccc(-n3c(-c4ccccc4)nc4cnc(N5CCCC5)nc43)cc2)CCC1. The molecule has 4 aromatic rings. The molecule has 3 heterocycles. The summed E-state index contributed by atoms with van der Waals surface area (Å²) in [5.74, 6) is 1.67. The van der Waals surface area contributed by atoms with Crippen molar-refractivity contribution in [1.29, 1.82) is 0 Å². The zero-order valence-electron chi connectivity index (χ0n) is 17.5. The maximum atomic E-state index is 6.55. The molecule has 2 aromatic carbocycles. The number of benzene rings is 2. The number of hydrogen-bond acceptors (Lipinski definition) is 5. The van der Waals surface area contributed by atoms with E-state index in [1.54, 1.807) is 0 Å². The Morgan fingerprint density at radius 3 is 2.26 bits per heavy atom. The quantitative estimate of drug-likeness (QED) is 0.539. The monoisotopic (exact) mass is 410 g/mol. The second-order valence-electron chi connectivity index (χ2n) is 8.77. The van der Waals surface area contributed by atoms with Crippen LogP contribution in [0.3, 0.4) is 0 Å². The van der Waals surface area contributed by atoms with E-state index in [9.17, 15) is 0 Å². The first-order valence-electron chi connectivity index (χ1n) is 11.2. The van der Waals surface area contributed by atoms with Crippen LogP contribution >= 0.6 is 0 Å². The normalized spacial score (nSPS) is 17.8. The van der Waals surface area contributed by atoms with E-state index in [1.807, 2.05) is 24.4 Å². The first-order chi connectivity index (χ1) is 15.2. The molecule has 6 rings (SSSR count). The molecule has 0 bridgehead atoms. The third-order valence-electron chi connectivity index (χ3n) is 6.75. The Kier molecular flexibility index (Phi) is 4.28. The van der Waals surface area contributed by atoms with E-state index in [2.05, 4.69) is 50.8 Å². The Bertz CT molecular complexity index is 1220. The summed E-state index contributed by atoms with van der Waals surface area (Å²) >= 11 is 0. The van der Waals surface area contributed by atoms with Gasteiger partial charge in [-0.1, -0.05) is 42.5 Å². The van der Waals surface area contributed by atoms with Crippen LogP contribution < -0.4 is 10.6 Å². The van der Waals surface area contributed by atoms with Gasteiger partial charge in [0.05, 0.1) is 6.20 Å². The smallest absolute Gasteiger partial charge is 0.227 e. The Morgan fingerprint density at radius 2 is 1.58 bits per heavy atom. The van der Waals surface area contributed by atoms with Gasteiger partial charge in [-0.2, -0.15) is 4.98 Å². The van der Waals surface area contributed by atoms with E-state index in [0.29, 0.717) is 0 Å². The van der Waals surface area contributed by atoms with Gasteiger partial charge in [0.25, 0.3) is 0 Å². The van der Waals surface area contributed by atoms with Crippen LogP contribution in [0.4, 0.5) is 5.95 Å². The van der Waals surface area contributed by atoms with Crippen LogP contribution in [0.1, 0.15) is 37.7 Å². The molecule has 2 N–H and O–H groups in total. The second kappa shape index (κ2) is 7.17. The van der Waals surface area contributed by atoms with E-state index in [0.717, 1.165) is 60.1 Å². The zero-order chi connectivity index (χ0) is 20.8. The standard InChI is InChI=1S/C25H26N6/c26-25(13-6-14-25)19-9-11-20(12-10-19)31-22(18-7-2-1-3-8-18)28-21-17-27-24(29-23(21)31)30-15-4-5-16-30/h1-3,7-12,17H,4-6,13-16,26H2. The number of hydrogen-bond donors (Lipinski definition) is 1. The first kappa shape index (κ1) is 18.5. The van der Waals surface area contributed by atoms with Crippen LogP contribution in [0.25, 0.3) is 28.2 Å². The summed E-state index contributed by atoms with van der Waals surface area (Å²) in [5, 5.41) is 0. The van der Waals surface area contributed by atoms with Gasteiger partial charge < -0.3 is 10.6 Å². The lowest BCUT2D eigenvalue weighted by atomic mass is 9.73. The minimum atomic E-state index is -0.164. The summed E-state index contributed by atoms with van der Waals surface area (Å²) < 4.78 is 2.15. The van der Waals surface area contributed by atoms with Crippen molar-refractivity contribution in [3.63, 3.8) is 0 Å². The van der Waals surface area contributed by atoms with Crippen LogP contribution in [0.5, 0.6) is 0 Å². The molecule has 1 saturated carbocycles. The molecule has 0 radical (unpaired) electrons. The minimum absolute atomic E-state index is 0.164. The highest BCUT2D eigenvalue weighted by Gasteiger charge is 2.34. The number of nitrogens with zero attached hydrogens (tertiary/aromatic N) is 5. The highest BCUT2D eigenvalue weighted by molar-refractivity contribution is 5.80. The average Bonchev–Trinajstić information content (AvgIpc) is 3.46. The zero-order valence-corrected chi connectivity index (χ0v) is 17.5. The summed E-state index contributed by atoms with van der Waals surface area (Å²) in [6.07, 6.45) is 7.57. The van der Waals surface area contributed by atoms with Gasteiger partial charge in [-0.3, -0.25) is 4.57 Å². The van der Waals surface area contributed by atoms with Crippen LogP contribution in [0.15, 0.2) is 60.8 Å². The van der Waals surface area contributed by atoms with Crippen molar-refractivity contribution in [2.24, 2.45) is 5.73 Å². The lowest BCUT2D eigenvalue weighted by Gasteiger charge is -2.38. The van der Waals surface area contributed by atoms with Crippen molar-refractivity contribution in [1.82, 2.24) is 19.5 Å². The molecule has 0 unspecified atom stereocenters. The van der Waals surface area contributed by atoms with Crippen molar-refractivity contribution >= 4 is 17.1 Å². The molecule has 2 aromatic heterocycles. The highest BCUT2D eigenvalue weighted by Crippen LogP contribution is 2.39. The van der Waals surface area contributed by atoms with E-state index < -0.39 is 0 Å².